The van der Waals surface area contributed by atoms with Crippen LogP contribution in [0.3, 0.4) is 0 Å². The lowest BCUT2D eigenvalue weighted by Crippen LogP contribution is -2.33. The van der Waals surface area contributed by atoms with Gasteiger partial charge in [-0.05, 0) is 131 Å². The zero-order chi connectivity index (χ0) is 28.8. The molecule has 0 aromatic heterocycles. The monoisotopic (exact) mass is 584 g/mol. The number of benzene rings is 2. The molecule has 0 bridgehead atoms. The van der Waals surface area contributed by atoms with Crippen LogP contribution in [-0.2, 0) is 19.7 Å². The highest BCUT2D eigenvalue weighted by molar-refractivity contribution is 7.91. The molecule has 10 heteroatoms. The minimum Gasteiger partial charge on any atom is -0.304 e. The van der Waals surface area contributed by atoms with E-state index in [1.54, 1.807) is 12.1 Å². The van der Waals surface area contributed by atoms with Gasteiger partial charge in [0, 0.05) is 12.5 Å². The van der Waals surface area contributed by atoms with E-state index < -0.39 is 31.3 Å². The average molecular weight is 585 g/mol. The number of rotatable bonds is 7. The van der Waals surface area contributed by atoms with Crippen molar-refractivity contribution in [3.8, 4) is 0 Å². The van der Waals surface area contributed by atoms with Crippen molar-refractivity contribution in [2.45, 2.75) is 67.6 Å². The Labute approximate surface area is 233 Å². The van der Waals surface area contributed by atoms with Crippen LogP contribution in [0.1, 0.15) is 68.9 Å². The van der Waals surface area contributed by atoms with Crippen molar-refractivity contribution in [2.24, 2.45) is 0 Å². The first-order chi connectivity index (χ1) is 18.3. The molecule has 2 heterocycles. The molecule has 0 amide bonds. The summed E-state index contributed by atoms with van der Waals surface area (Å²) >= 11 is 0. The third-order valence-corrected chi connectivity index (χ3v) is 9.93. The Morgan fingerprint density at radius 3 is 1.38 bits per heavy atom. The van der Waals surface area contributed by atoms with Crippen LogP contribution >= 0.6 is 0 Å². The molecule has 218 valence electrons. The van der Waals surface area contributed by atoms with Crippen LogP contribution in [-0.4, -0.2) is 78.4 Å². The molecule has 0 saturated carbocycles. The van der Waals surface area contributed by atoms with Gasteiger partial charge in [-0.3, -0.25) is 0 Å². The fourth-order valence-corrected chi connectivity index (χ4v) is 6.81. The highest BCUT2D eigenvalue weighted by atomic mass is 32.2. The highest BCUT2D eigenvalue weighted by Gasteiger charge is 2.23. The molecular weight excluding hydrogens is 542 g/mol. The summed E-state index contributed by atoms with van der Waals surface area (Å²) in [7, 11) is -6.71. The fourth-order valence-electron chi connectivity index (χ4n) is 5.46. The number of sulfone groups is 2. The van der Waals surface area contributed by atoms with Gasteiger partial charge in [0.25, 0.3) is 0 Å². The lowest BCUT2D eigenvalue weighted by Gasteiger charge is -2.32. The molecule has 0 radical (unpaired) electrons. The zero-order valence-electron chi connectivity index (χ0n) is 23.5. The van der Waals surface area contributed by atoms with Crippen LogP contribution < -0.4 is 0 Å². The second-order valence-corrected chi connectivity index (χ2v) is 14.8. The van der Waals surface area contributed by atoms with Gasteiger partial charge in [0.2, 0.25) is 0 Å². The summed E-state index contributed by atoms with van der Waals surface area (Å²) in [5.74, 6) is -0.395. The first-order valence-electron chi connectivity index (χ1n) is 13.8. The Morgan fingerprint density at radius 2 is 1.05 bits per heavy atom. The summed E-state index contributed by atoms with van der Waals surface area (Å²) in [5, 5.41) is 0. The first kappa shape index (κ1) is 31.6. The Morgan fingerprint density at radius 1 is 0.667 bits per heavy atom. The Kier molecular flexibility index (Phi) is 11.1. The van der Waals surface area contributed by atoms with Crippen LogP contribution in [0.25, 0.3) is 0 Å². The number of nitrogens with zero attached hydrogens (tertiary/aromatic N) is 2. The van der Waals surface area contributed by atoms with Gasteiger partial charge in [-0.1, -0.05) is 13.8 Å². The third-order valence-electron chi connectivity index (χ3n) is 7.75. The number of hydrogen-bond acceptors (Lipinski definition) is 6. The van der Waals surface area contributed by atoms with Crippen molar-refractivity contribution < 1.29 is 25.6 Å². The molecule has 0 unspecified atom stereocenters. The van der Waals surface area contributed by atoms with E-state index in [2.05, 4.69) is 23.6 Å². The van der Waals surface area contributed by atoms with Crippen molar-refractivity contribution in [3.63, 3.8) is 0 Å². The van der Waals surface area contributed by atoms with Gasteiger partial charge in [-0.15, -0.1) is 0 Å². The number of likely N-dealkylation sites (tertiary alicyclic amines) is 2. The topological polar surface area (TPSA) is 74.8 Å². The summed E-state index contributed by atoms with van der Waals surface area (Å²) in [4.78, 5) is 4.93. The van der Waals surface area contributed by atoms with Gasteiger partial charge in [-0.25, -0.2) is 25.6 Å². The summed E-state index contributed by atoms with van der Waals surface area (Å²) < 4.78 is 73.5. The molecule has 2 fully saturated rings. The standard InChI is InChI=1S/C15H22FNO2S.C14H20FNO2S/c1-3-6-17-7-4-12(5-8-17)13-9-14(16)11-15(10-13)20(2,18)19;1-3-16-6-4-11(5-7-16)12-8-13(15)10-14(9-12)19(2,17)18/h9-12H,3-8H2,1-2H3;8-11H,3-7H2,1-2H3. The van der Waals surface area contributed by atoms with Crippen LogP contribution in [0.15, 0.2) is 46.2 Å². The Balaban J connectivity index is 0.000000216. The van der Waals surface area contributed by atoms with Gasteiger partial charge in [-0.2, -0.15) is 0 Å². The van der Waals surface area contributed by atoms with E-state index in [-0.39, 0.29) is 21.6 Å². The molecule has 39 heavy (non-hydrogen) atoms. The highest BCUT2D eigenvalue weighted by Crippen LogP contribution is 2.31. The molecule has 2 aromatic rings. The molecule has 2 saturated heterocycles. The molecular formula is C29H42F2N2O4S2. The maximum Gasteiger partial charge on any atom is 0.175 e. The van der Waals surface area contributed by atoms with E-state index >= 15 is 0 Å². The predicted octanol–water partition coefficient (Wildman–Crippen LogP) is 5.25. The van der Waals surface area contributed by atoms with Gasteiger partial charge in [0.05, 0.1) is 9.79 Å². The van der Waals surface area contributed by atoms with Gasteiger partial charge < -0.3 is 9.80 Å². The normalized spacial score (nSPS) is 18.5. The summed E-state index contributed by atoms with van der Waals surface area (Å²) in [6, 6.07) is 8.42. The maximum atomic E-state index is 13.6. The van der Waals surface area contributed by atoms with Crippen molar-refractivity contribution in [1.29, 1.82) is 0 Å². The van der Waals surface area contributed by atoms with E-state index in [0.717, 1.165) is 107 Å². The maximum absolute atomic E-state index is 13.6. The molecule has 0 atom stereocenters. The summed E-state index contributed by atoms with van der Waals surface area (Å²) in [5.41, 5.74) is 1.64. The van der Waals surface area contributed by atoms with Crippen molar-refractivity contribution in [2.75, 3.05) is 51.8 Å². The zero-order valence-corrected chi connectivity index (χ0v) is 25.1. The van der Waals surface area contributed by atoms with Crippen LogP contribution in [0.5, 0.6) is 0 Å². The number of hydrogen-bond donors (Lipinski definition) is 0. The van der Waals surface area contributed by atoms with E-state index in [9.17, 15) is 25.6 Å². The molecule has 2 aromatic carbocycles. The fraction of sp³-hybridized carbons (Fsp3) is 0.586. The molecule has 2 aliphatic heterocycles. The van der Waals surface area contributed by atoms with Gasteiger partial charge >= 0.3 is 0 Å². The number of halogens is 2. The lowest BCUT2D eigenvalue weighted by molar-refractivity contribution is 0.212. The number of piperidine rings is 2. The molecule has 0 spiro atoms. The summed E-state index contributed by atoms with van der Waals surface area (Å²) in [6.07, 6.45) is 7.23. The van der Waals surface area contributed by atoms with Crippen molar-refractivity contribution >= 4 is 19.7 Å². The minimum atomic E-state index is -3.36. The average Bonchev–Trinajstić information content (AvgIpc) is 2.88. The third kappa shape index (κ3) is 9.33. The van der Waals surface area contributed by atoms with Gasteiger partial charge in [0.15, 0.2) is 19.7 Å². The van der Waals surface area contributed by atoms with Crippen LogP contribution in [0.4, 0.5) is 8.78 Å². The smallest absolute Gasteiger partial charge is 0.175 e. The molecule has 4 rings (SSSR count). The molecule has 6 nitrogen and oxygen atoms in total. The molecule has 0 aliphatic carbocycles. The predicted molar refractivity (Wildman–Crippen MR) is 152 cm³/mol. The van der Waals surface area contributed by atoms with E-state index in [4.69, 9.17) is 0 Å². The van der Waals surface area contributed by atoms with Gasteiger partial charge in [0.1, 0.15) is 11.6 Å². The van der Waals surface area contributed by atoms with Crippen molar-refractivity contribution in [1.82, 2.24) is 9.80 Å². The van der Waals surface area contributed by atoms with E-state index in [1.165, 1.54) is 12.1 Å². The summed E-state index contributed by atoms with van der Waals surface area (Å²) in [6.45, 7) is 10.4. The lowest BCUT2D eigenvalue weighted by atomic mass is 9.89. The van der Waals surface area contributed by atoms with Crippen LogP contribution in [0, 0.1) is 11.6 Å². The quantitative estimate of drug-likeness (QED) is 0.443. The molecule has 0 N–H and O–H groups in total. The molecule has 2 aliphatic rings. The largest absolute Gasteiger partial charge is 0.304 e. The Hall–Kier alpha value is -1.88. The van der Waals surface area contributed by atoms with Crippen molar-refractivity contribution in [3.05, 3.63) is 59.2 Å². The SMILES string of the molecule is CCCN1CCC(c2cc(F)cc(S(C)(=O)=O)c2)CC1.CCN1CCC(c2cc(F)cc(S(C)(=O)=O)c2)CC1. The van der Waals surface area contributed by atoms with E-state index in [1.807, 2.05) is 0 Å². The van der Waals surface area contributed by atoms with E-state index in [0.29, 0.717) is 0 Å². The Bertz CT molecular complexity index is 1320. The second-order valence-electron chi connectivity index (χ2n) is 10.8. The van der Waals surface area contributed by atoms with Crippen LogP contribution in [0.2, 0.25) is 0 Å². The minimum absolute atomic E-state index is 0.0837. The second kappa shape index (κ2) is 13.7. The first-order valence-corrected chi connectivity index (χ1v) is 17.5.